The van der Waals surface area contributed by atoms with Gasteiger partial charge in [-0.05, 0) is 37.6 Å². The largest absolute Gasteiger partial charge is 0.493 e. The van der Waals surface area contributed by atoms with Gasteiger partial charge in [0.25, 0.3) is 11.8 Å². The number of halogens is 6. The van der Waals surface area contributed by atoms with E-state index in [1.165, 1.54) is 0 Å². The van der Waals surface area contributed by atoms with E-state index in [2.05, 4.69) is 5.32 Å². The van der Waals surface area contributed by atoms with Crippen molar-refractivity contribution in [3.05, 3.63) is 58.9 Å². The summed E-state index contributed by atoms with van der Waals surface area (Å²) in [4.78, 5) is 24.2. The molecule has 0 aromatic heterocycles. The number of rotatable bonds is 5. The average molecular weight is 476 g/mol. The molecule has 178 valence electrons. The van der Waals surface area contributed by atoms with Crippen LogP contribution in [0.1, 0.15) is 35.2 Å². The number of primary amides is 1. The van der Waals surface area contributed by atoms with E-state index >= 15 is 0 Å². The van der Waals surface area contributed by atoms with E-state index < -0.39 is 70.8 Å². The molecular formula is C21H18F6N2O4. The molecule has 12 heteroatoms. The summed E-state index contributed by atoms with van der Waals surface area (Å²) < 4.78 is 92.6. The van der Waals surface area contributed by atoms with Crippen molar-refractivity contribution in [2.45, 2.75) is 37.1 Å². The molecule has 2 aromatic rings. The normalized spacial score (nSPS) is 22.8. The van der Waals surface area contributed by atoms with Gasteiger partial charge in [0.1, 0.15) is 11.9 Å². The van der Waals surface area contributed by atoms with Crippen LogP contribution >= 0.6 is 0 Å². The Morgan fingerprint density at radius 2 is 1.79 bits per heavy atom. The quantitative estimate of drug-likeness (QED) is 0.638. The number of benzene rings is 2. The molecule has 3 rings (SSSR count). The second kappa shape index (κ2) is 8.58. The van der Waals surface area contributed by atoms with Crippen LogP contribution < -0.4 is 15.8 Å². The van der Waals surface area contributed by atoms with Crippen LogP contribution in [0.2, 0.25) is 0 Å². The topological polar surface area (TPSA) is 90.7 Å². The lowest BCUT2D eigenvalue weighted by Crippen LogP contribution is -2.43. The van der Waals surface area contributed by atoms with E-state index in [0.29, 0.717) is 6.07 Å². The van der Waals surface area contributed by atoms with Gasteiger partial charge < -0.3 is 20.5 Å². The summed E-state index contributed by atoms with van der Waals surface area (Å²) in [5, 5.41) is 2.24. The number of carbonyl (C=O) groups excluding carboxylic acids is 2. The molecule has 2 amide bonds. The maximum absolute atomic E-state index is 14.2. The summed E-state index contributed by atoms with van der Waals surface area (Å²) in [6, 6.07) is 4.51. The molecule has 0 unspecified atom stereocenters. The fraction of sp³-hybridized carbons (Fsp3) is 0.333. The van der Waals surface area contributed by atoms with Crippen LogP contribution in [0.5, 0.6) is 5.75 Å². The molecule has 3 N–H and O–H groups in total. The van der Waals surface area contributed by atoms with Gasteiger partial charge in [-0.1, -0.05) is 6.07 Å². The third kappa shape index (κ3) is 4.47. The number of ether oxygens (including phenoxy) is 2. The summed E-state index contributed by atoms with van der Waals surface area (Å²) in [6.07, 6.45) is -7.52. The van der Waals surface area contributed by atoms with Crippen LogP contribution in [-0.4, -0.2) is 36.8 Å². The van der Waals surface area contributed by atoms with Crippen molar-refractivity contribution in [3.8, 4) is 5.75 Å². The molecule has 1 aliphatic heterocycles. The van der Waals surface area contributed by atoms with Gasteiger partial charge in [0.15, 0.2) is 17.2 Å². The Morgan fingerprint density at radius 1 is 1.15 bits per heavy atom. The van der Waals surface area contributed by atoms with Crippen molar-refractivity contribution >= 4 is 17.5 Å². The minimum Gasteiger partial charge on any atom is -0.493 e. The van der Waals surface area contributed by atoms with Crippen molar-refractivity contribution in [1.29, 1.82) is 0 Å². The van der Waals surface area contributed by atoms with E-state index in [0.717, 1.165) is 38.3 Å². The Bertz CT molecular complexity index is 1110. The van der Waals surface area contributed by atoms with Gasteiger partial charge in [-0.3, -0.25) is 9.59 Å². The molecule has 0 radical (unpaired) electrons. The van der Waals surface area contributed by atoms with E-state index in [4.69, 9.17) is 15.2 Å². The summed E-state index contributed by atoms with van der Waals surface area (Å²) >= 11 is 0. The number of nitrogens with one attached hydrogen (secondary N) is 1. The molecular weight excluding hydrogens is 458 g/mol. The zero-order chi connectivity index (χ0) is 24.7. The lowest BCUT2D eigenvalue weighted by Gasteiger charge is -2.27. The highest BCUT2D eigenvalue weighted by molar-refractivity contribution is 5.98. The molecule has 33 heavy (non-hydrogen) atoms. The third-order valence-electron chi connectivity index (χ3n) is 5.40. The fourth-order valence-electron chi connectivity index (χ4n) is 3.68. The second-order valence-corrected chi connectivity index (χ2v) is 7.61. The van der Waals surface area contributed by atoms with Crippen molar-refractivity contribution in [3.63, 3.8) is 0 Å². The van der Waals surface area contributed by atoms with E-state index in [9.17, 15) is 35.9 Å². The van der Waals surface area contributed by atoms with Crippen molar-refractivity contribution in [2.24, 2.45) is 5.73 Å². The summed E-state index contributed by atoms with van der Waals surface area (Å²) in [6.45, 7) is 0.725. The Kier molecular flexibility index (Phi) is 6.33. The number of alkyl halides is 3. The Balaban J connectivity index is 2.02. The molecule has 0 saturated carbocycles. The van der Waals surface area contributed by atoms with Gasteiger partial charge in [0, 0.05) is 17.2 Å². The number of hydrogen-bond acceptors (Lipinski definition) is 4. The molecule has 1 aliphatic rings. The number of anilines is 1. The van der Waals surface area contributed by atoms with Crippen molar-refractivity contribution < 1.29 is 45.4 Å². The Hall–Kier alpha value is -3.28. The molecule has 3 atom stereocenters. The molecule has 0 spiro atoms. The van der Waals surface area contributed by atoms with E-state index in [-0.39, 0.29) is 11.3 Å². The molecule has 0 bridgehead atoms. The van der Waals surface area contributed by atoms with Crippen LogP contribution in [0, 0.1) is 17.5 Å². The zero-order valence-corrected chi connectivity index (χ0v) is 17.2. The maximum atomic E-state index is 14.2. The molecule has 1 fully saturated rings. The number of hydrogen-bond donors (Lipinski definition) is 2. The first-order valence-corrected chi connectivity index (χ1v) is 9.45. The lowest BCUT2D eigenvalue weighted by atomic mass is 9.85. The van der Waals surface area contributed by atoms with Crippen LogP contribution in [0.4, 0.5) is 32.0 Å². The maximum Gasteiger partial charge on any atom is 0.417 e. The summed E-state index contributed by atoms with van der Waals surface area (Å²) in [7, 11) is 0.999. The summed E-state index contributed by atoms with van der Waals surface area (Å²) in [5.74, 6) is -7.97. The van der Waals surface area contributed by atoms with E-state index in [1.807, 2.05) is 0 Å². The highest BCUT2D eigenvalue weighted by Crippen LogP contribution is 2.51. The van der Waals surface area contributed by atoms with Crippen LogP contribution in [-0.2, 0) is 9.53 Å². The van der Waals surface area contributed by atoms with Gasteiger partial charge >= 0.3 is 6.18 Å². The Labute approximate surface area is 183 Å². The lowest BCUT2D eigenvalue weighted by molar-refractivity contribution is -0.261. The number of carbonyl (C=O) groups is 2. The first kappa shape index (κ1) is 24.4. The van der Waals surface area contributed by atoms with Crippen molar-refractivity contribution in [2.75, 3.05) is 12.4 Å². The van der Waals surface area contributed by atoms with Crippen molar-refractivity contribution in [1.82, 2.24) is 0 Å². The second-order valence-electron chi connectivity index (χ2n) is 7.61. The number of methoxy groups -OCH3 is 1. The van der Waals surface area contributed by atoms with Gasteiger partial charge in [0.2, 0.25) is 5.82 Å². The molecule has 2 aromatic carbocycles. The monoisotopic (exact) mass is 476 g/mol. The highest BCUT2D eigenvalue weighted by Gasteiger charge is 2.61. The van der Waals surface area contributed by atoms with Crippen LogP contribution in [0.25, 0.3) is 0 Å². The predicted molar refractivity (Wildman–Crippen MR) is 103 cm³/mol. The zero-order valence-electron chi connectivity index (χ0n) is 17.2. The minimum atomic E-state index is -4.90. The molecule has 1 heterocycles. The molecule has 6 nitrogen and oxygen atoms in total. The highest BCUT2D eigenvalue weighted by atomic mass is 19.4. The smallest absolute Gasteiger partial charge is 0.417 e. The number of amides is 2. The first-order valence-electron chi connectivity index (χ1n) is 9.45. The predicted octanol–water partition coefficient (Wildman–Crippen LogP) is 4.04. The van der Waals surface area contributed by atoms with Gasteiger partial charge in [0.05, 0.1) is 12.7 Å². The van der Waals surface area contributed by atoms with Crippen LogP contribution in [0.15, 0.2) is 30.3 Å². The van der Waals surface area contributed by atoms with Gasteiger partial charge in [-0.25, -0.2) is 8.78 Å². The SMILES string of the molecule is COc1c([C@@H]2C[C@@](C)(C(F)(F)F)O[C@H]2C(=O)Nc2ccc(F)c(C(N)=O)c2)ccc(F)c1F. The van der Waals surface area contributed by atoms with Gasteiger partial charge in [-0.15, -0.1) is 0 Å². The van der Waals surface area contributed by atoms with Gasteiger partial charge in [-0.2, -0.15) is 17.6 Å². The number of nitrogens with two attached hydrogens (primary N) is 1. The minimum absolute atomic E-state index is 0.143. The fourth-order valence-corrected chi connectivity index (χ4v) is 3.68. The molecule has 1 saturated heterocycles. The average Bonchev–Trinajstić information content (AvgIpc) is 3.10. The van der Waals surface area contributed by atoms with E-state index in [1.54, 1.807) is 0 Å². The Morgan fingerprint density at radius 3 is 2.36 bits per heavy atom. The molecule has 0 aliphatic carbocycles. The first-order chi connectivity index (χ1) is 15.3. The standard InChI is InChI=1S/C21H18F6N2O4/c1-20(21(25,26)27)8-12(10-4-6-14(23)15(24)16(10)32-2)17(33-20)19(31)29-9-3-5-13(22)11(7-9)18(28)30/h3-7,12,17H,8H2,1-2H3,(H2,28,30)(H,29,31)/t12-,17+,20-/m0/s1. The summed E-state index contributed by atoms with van der Waals surface area (Å²) in [5.41, 5.74) is 1.35. The third-order valence-corrected chi connectivity index (χ3v) is 5.40. The van der Waals surface area contributed by atoms with Crippen LogP contribution in [0.3, 0.4) is 0 Å².